The van der Waals surface area contributed by atoms with E-state index in [1.54, 1.807) is 0 Å². The number of amides is 1. The molecule has 0 saturated heterocycles. The summed E-state index contributed by atoms with van der Waals surface area (Å²) in [6.45, 7) is 5.58. The third-order valence-electron chi connectivity index (χ3n) is 4.60. The number of hydrogen-bond donors (Lipinski definition) is 1. The molecule has 0 aromatic carbocycles. The number of aromatic nitrogens is 2. The molecule has 0 aliphatic heterocycles. The van der Waals surface area contributed by atoms with Gasteiger partial charge in [-0.3, -0.25) is 4.79 Å². The summed E-state index contributed by atoms with van der Waals surface area (Å²) in [6.07, 6.45) is 4.49. The standard InChI is InChI=1S/C18H23N3O3S2/c1-9-13-16(25-10(2)15(22)21-12-7-5-6-8-12)19-11(3)20-17(13)26-14(9)18(23)24-4/h10,12H,5-8H2,1-4H3,(H,21,22)/t10-/m1/s1. The number of fused-ring (bicyclic) bond motifs is 1. The fourth-order valence-electron chi connectivity index (χ4n) is 3.19. The zero-order chi connectivity index (χ0) is 18.8. The minimum Gasteiger partial charge on any atom is -0.465 e. The van der Waals surface area contributed by atoms with Crippen LogP contribution in [0.25, 0.3) is 10.2 Å². The lowest BCUT2D eigenvalue weighted by Crippen LogP contribution is -2.37. The minimum atomic E-state index is -0.369. The first kappa shape index (κ1) is 19.1. The topological polar surface area (TPSA) is 81.2 Å². The molecule has 1 saturated carbocycles. The number of nitrogens with zero attached hydrogens (tertiary/aromatic N) is 2. The van der Waals surface area contributed by atoms with Crippen LogP contribution in [-0.4, -0.2) is 40.2 Å². The van der Waals surface area contributed by atoms with E-state index in [-0.39, 0.29) is 17.1 Å². The van der Waals surface area contributed by atoms with E-state index in [1.807, 2.05) is 20.8 Å². The zero-order valence-electron chi connectivity index (χ0n) is 15.4. The first-order valence-corrected chi connectivity index (χ1v) is 10.4. The van der Waals surface area contributed by atoms with Gasteiger partial charge in [-0.1, -0.05) is 24.6 Å². The summed E-state index contributed by atoms with van der Waals surface area (Å²) in [6, 6.07) is 0.298. The number of hydrogen-bond acceptors (Lipinski definition) is 7. The van der Waals surface area contributed by atoms with Gasteiger partial charge >= 0.3 is 5.97 Å². The van der Waals surface area contributed by atoms with Crippen LogP contribution in [0.3, 0.4) is 0 Å². The van der Waals surface area contributed by atoms with Gasteiger partial charge in [0, 0.05) is 11.4 Å². The molecule has 26 heavy (non-hydrogen) atoms. The molecule has 1 amide bonds. The average Bonchev–Trinajstić information content (AvgIpc) is 3.22. The van der Waals surface area contributed by atoms with E-state index >= 15 is 0 Å². The van der Waals surface area contributed by atoms with Gasteiger partial charge in [0.1, 0.15) is 20.6 Å². The van der Waals surface area contributed by atoms with Crippen molar-refractivity contribution in [1.82, 2.24) is 15.3 Å². The highest BCUT2D eigenvalue weighted by Gasteiger charge is 2.25. The molecule has 8 heteroatoms. The summed E-state index contributed by atoms with van der Waals surface area (Å²) in [4.78, 5) is 34.8. The minimum absolute atomic E-state index is 0.0346. The Kier molecular flexibility index (Phi) is 5.82. The fourth-order valence-corrected chi connectivity index (χ4v) is 5.46. The Labute approximate surface area is 161 Å². The maximum Gasteiger partial charge on any atom is 0.348 e. The van der Waals surface area contributed by atoms with Crippen LogP contribution in [0.4, 0.5) is 0 Å². The lowest BCUT2D eigenvalue weighted by Gasteiger charge is -2.16. The Bertz CT molecular complexity index is 844. The van der Waals surface area contributed by atoms with E-state index in [4.69, 9.17) is 4.74 Å². The number of rotatable bonds is 5. The van der Waals surface area contributed by atoms with Gasteiger partial charge in [0.25, 0.3) is 0 Å². The Hall–Kier alpha value is -1.67. The third kappa shape index (κ3) is 3.86. The average molecular weight is 394 g/mol. The number of esters is 1. The summed E-state index contributed by atoms with van der Waals surface area (Å²) in [5.41, 5.74) is 0.808. The van der Waals surface area contributed by atoms with Gasteiger partial charge in [-0.05, 0) is 39.2 Å². The van der Waals surface area contributed by atoms with Crippen molar-refractivity contribution in [2.24, 2.45) is 0 Å². The number of methoxy groups -OCH3 is 1. The maximum atomic E-state index is 12.5. The van der Waals surface area contributed by atoms with Crippen molar-refractivity contribution in [3.05, 3.63) is 16.3 Å². The lowest BCUT2D eigenvalue weighted by atomic mass is 10.2. The summed E-state index contributed by atoms with van der Waals surface area (Å²) in [5, 5.41) is 4.45. The second kappa shape index (κ2) is 7.92. The van der Waals surface area contributed by atoms with Crippen LogP contribution in [0.1, 0.15) is 53.7 Å². The highest BCUT2D eigenvalue weighted by atomic mass is 32.2. The lowest BCUT2D eigenvalue weighted by molar-refractivity contribution is -0.120. The molecule has 1 aliphatic rings. The zero-order valence-corrected chi connectivity index (χ0v) is 17.1. The monoisotopic (exact) mass is 393 g/mol. The molecule has 0 bridgehead atoms. The second-order valence-corrected chi connectivity index (χ2v) is 8.88. The van der Waals surface area contributed by atoms with Crippen molar-refractivity contribution in [3.8, 4) is 0 Å². The van der Waals surface area contributed by atoms with Crippen LogP contribution in [-0.2, 0) is 9.53 Å². The third-order valence-corrected chi connectivity index (χ3v) is 6.85. The maximum absolute atomic E-state index is 12.5. The van der Waals surface area contributed by atoms with Crippen LogP contribution in [0, 0.1) is 13.8 Å². The fraction of sp³-hybridized carbons (Fsp3) is 0.556. The largest absolute Gasteiger partial charge is 0.465 e. The number of thioether (sulfide) groups is 1. The van der Waals surface area contributed by atoms with Crippen molar-refractivity contribution < 1.29 is 14.3 Å². The molecule has 2 aromatic heterocycles. The SMILES string of the molecule is COC(=O)c1sc2nc(C)nc(S[C@H](C)C(=O)NC3CCCC3)c2c1C. The Morgan fingerprint density at radius 2 is 1.96 bits per heavy atom. The molecule has 1 atom stereocenters. The Morgan fingerprint density at radius 1 is 1.27 bits per heavy atom. The van der Waals surface area contributed by atoms with Gasteiger partial charge in [-0.2, -0.15) is 0 Å². The number of carbonyl (C=O) groups excluding carboxylic acids is 2. The van der Waals surface area contributed by atoms with Crippen LogP contribution in [0.2, 0.25) is 0 Å². The van der Waals surface area contributed by atoms with E-state index in [2.05, 4.69) is 15.3 Å². The predicted octanol–water partition coefficient (Wildman–Crippen LogP) is 3.63. The summed E-state index contributed by atoms with van der Waals surface area (Å²) in [7, 11) is 1.37. The molecule has 2 heterocycles. The van der Waals surface area contributed by atoms with Gasteiger partial charge in [-0.25, -0.2) is 14.8 Å². The van der Waals surface area contributed by atoms with E-state index in [0.717, 1.165) is 33.6 Å². The number of nitrogens with one attached hydrogen (secondary N) is 1. The quantitative estimate of drug-likeness (QED) is 0.475. The molecule has 1 N–H and O–H groups in total. The van der Waals surface area contributed by atoms with Crippen LogP contribution < -0.4 is 5.32 Å². The van der Waals surface area contributed by atoms with E-state index in [0.29, 0.717) is 16.7 Å². The Balaban J connectivity index is 1.87. The van der Waals surface area contributed by atoms with Crippen molar-refractivity contribution in [2.75, 3.05) is 7.11 Å². The molecule has 1 fully saturated rings. The molecular formula is C18H23N3O3S2. The molecule has 0 unspecified atom stereocenters. The normalized spacial score (nSPS) is 16.0. The summed E-state index contributed by atoms with van der Waals surface area (Å²) >= 11 is 2.72. The number of ether oxygens (including phenoxy) is 1. The molecular weight excluding hydrogens is 370 g/mol. The summed E-state index contributed by atoms with van der Waals surface area (Å²) in [5.74, 6) is 0.291. The highest BCUT2D eigenvalue weighted by Crippen LogP contribution is 2.37. The first-order valence-electron chi connectivity index (χ1n) is 8.73. The van der Waals surface area contributed by atoms with Crippen molar-refractivity contribution in [1.29, 1.82) is 0 Å². The predicted molar refractivity (Wildman–Crippen MR) is 104 cm³/mol. The smallest absolute Gasteiger partial charge is 0.348 e. The van der Waals surface area contributed by atoms with Crippen LogP contribution >= 0.6 is 23.1 Å². The molecule has 140 valence electrons. The van der Waals surface area contributed by atoms with Gasteiger partial charge in [0.2, 0.25) is 5.91 Å². The molecule has 1 aliphatic carbocycles. The number of aryl methyl sites for hydroxylation is 2. The van der Waals surface area contributed by atoms with Crippen molar-refractivity contribution in [2.45, 2.75) is 62.8 Å². The Morgan fingerprint density at radius 3 is 2.62 bits per heavy atom. The van der Waals surface area contributed by atoms with Gasteiger partial charge in [0.05, 0.1) is 12.4 Å². The highest BCUT2D eigenvalue weighted by molar-refractivity contribution is 8.00. The molecule has 0 spiro atoms. The molecule has 3 rings (SSSR count). The molecule has 6 nitrogen and oxygen atoms in total. The number of thiophene rings is 1. The van der Waals surface area contributed by atoms with E-state index in [1.165, 1.54) is 43.1 Å². The van der Waals surface area contributed by atoms with Gasteiger partial charge < -0.3 is 10.1 Å². The molecule has 0 radical (unpaired) electrons. The van der Waals surface area contributed by atoms with Crippen molar-refractivity contribution >= 4 is 45.2 Å². The van der Waals surface area contributed by atoms with Crippen LogP contribution in [0.5, 0.6) is 0 Å². The van der Waals surface area contributed by atoms with E-state index in [9.17, 15) is 9.59 Å². The number of carbonyl (C=O) groups is 2. The summed E-state index contributed by atoms with van der Waals surface area (Å²) < 4.78 is 4.86. The van der Waals surface area contributed by atoms with Gasteiger partial charge in [-0.15, -0.1) is 11.3 Å². The molecule has 2 aromatic rings. The van der Waals surface area contributed by atoms with Gasteiger partial charge in [0.15, 0.2) is 0 Å². The first-order chi connectivity index (χ1) is 12.4. The second-order valence-electron chi connectivity index (χ2n) is 6.55. The van der Waals surface area contributed by atoms with Crippen molar-refractivity contribution in [3.63, 3.8) is 0 Å². The van der Waals surface area contributed by atoms with E-state index < -0.39 is 0 Å². The van der Waals surface area contributed by atoms with Crippen LogP contribution in [0.15, 0.2) is 5.03 Å².